The van der Waals surface area contributed by atoms with Crippen molar-refractivity contribution in [2.24, 2.45) is 23.2 Å². The largest absolute Gasteiger partial charge is 0.469 e. The molecular weight excluding hydrogens is 192 g/mol. The van der Waals surface area contributed by atoms with Crippen LogP contribution in [0.2, 0.25) is 0 Å². The van der Waals surface area contributed by atoms with Crippen LogP contribution in [-0.4, -0.2) is 26.3 Å². The molecular formula is C12H22O3. The van der Waals surface area contributed by atoms with Crippen LogP contribution in [0.3, 0.4) is 0 Å². The van der Waals surface area contributed by atoms with E-state index in [0.29, 0.717) is 25.0 Å². The van der Waals surface area contributed by atoms with Gasteiger partial charge in [0.25, 0.3) is 0 Å². The standard InChI is InChI=1S/C12H22O3/c1-8(2)10(11(13)14-5)12(9(3)4)6-15-7-12/h8-10H,6-7H2,1-5H3. The summed E-state index contributed by atoms with van der Waals surface area (Å²) in [6.45, 7) is 9.82. The van der Waals surface area contributed by atoms with Gasteiger partial charge in [-0.3, -0.25) is 4.79 Å². The summed E-state index contributed by atoms with van der Waals surface area (Å²) in [7, 11) is 1.46. The minimum Gasteiger partial charge on any atom is -0.469 e. The molecule has 0 bridgehead atoms. The van der Waals surface area contributed by atoms with Crippen LogP contribution in [0.5, 0.6) is 0 Å². The Labute approximate surface area is 92.1 Å². The molecule has 1 fully saturated rings. The molecule has 1 aliphatic heterocycles. The highest BCUT2D eigenvalue weighted by molar-refractivity contribution is 5.74. The van der Waals surface area contributed by atoms with E-state index >= 15 is 0 Å². The Morgan fingerprint density at radius 1 is 1.27 bits per heavy atom. The van der Waals surface area contributed by atoms with E-state index in [-0.39, 0.29) is 17.3 Å². The SMILES string of the molecule is COC(=O)C(C(C)C)C1(C(C)C)COC1. The Morgan fingerprint density at radius 3 is 2.00 bits per heavy atom. The fraction of sp³-hybridized carbons (Fsp3) is 0.917. The van der Waals surface area contributed by atoms with Gasteiger partial charge in [-0.05, 0) is 11.8 Å². The van der Waals surface area contributed by atoms with Gasteiger partial charge in [-0.15, -0.1) is 0 Å². The van der Waals surface area contributed by atoms with Crippen molar-refractivity contribution >= 4 is 5.97 Å². The molecule has 0 saturated carbocycles. The second-order valence-corrected chi connectivity index (χ2v) is 5.13. The monoisotopic (exact) mass is 214 g/mol. The summed E-state index contributed by atoms with van der Waals surface area (Å²) in [5.74, 6) is 0.597. The van der Waals surface area contributed by atoms with Crippen LogP contribution in [0, 0.1) is 23.2 Å². The highest BCUT2D eigenvalue weighted by Gasteiger charge is 2.52. The molecule has 0 radical (unpaired) electrons. The minimum atomic E-state index is -0.0954. The predicted molar refractivity (Wildman–Crippen MR) is 58.4 cm³/mol. The highest BCUT2D eigenvalue weighted by atomic mass is 16.5. The molecule has 0 aromatic rings. The van der Waals surface area contributed by atoms with E-state index in [9.17, 15) is 4.79 Å². The average molecular weight is 214 g/mol. The van der Waals surface area contributed by atoms with E-state index in [1.54, 1.807) is 0 Å². The maximum Gasteiger partial charge on any atom is 0.309 e. The first-order chi connectivity index (χ1) is 6.95. The second-order valence-electron chi connectivity index (χ2n) is 5.13. The average Bonchev–Trinajstić information content (AvgIpc) is 2.08. The van der Waals surface area contributed by atoms with Crippen molar-refractivity contribution in [1.29, 1.82) is 0 Å². The van der Waals surface area contributed by atoms with Crippen molar-refractivity contribution in [3.63, 3.8) is 0 Å². The molecule has 0 aromatic carbocycles. The van der Waals surface area contributed by atoms with Crippen molar-refractivity contribution in [2.75, 3.05) is 20.3 Å². The zero-order chi connectivity index (χ0) is 11.6. The third-order valence-electron chi connectivity index (χ3n) is 3.63. The van der Waals surface area contributed by atoms with E-state index in [4.69, 9.17) is 9.47 Å². The van der Waals surface area contributed by atoms with Crippen molar-refractivity contribution in [2.45, 2.75) is 27.7 Å². The number of hydrogen-bond acceptors (Lipinski definition) is 3. The second kappa shape index (κ2) is 4.52. The number of carbonyl (C=O) groups is 1. The van der Waals surface area contributed by atoms with Gasteiger partial charge in [-0.1, -0.05) is 27.7 Å². The van der Waals surface area contributed by atoms with Gasteiger partial charge in [0.05, 0.1) is 26.2 Å². The zero-order valence-electron chi connectivity index (χ0n) is 10.4. The molecule has 1 atom stereocenters. The lowest BCUT2D eigenvalue weighted by Crippen LogP contribution is -2.56. The summed E-state index contributed by atoms with van der Waals surface area (Å²) in [5, 5.41) is 0. The molecule has 1 saturated heterocycles. The van der Waals surface area contributed by atoms with Crippen LogP contribution in [-0.2, 0) is 14.3 Å². The Balaban J connectivity index is 2.91. The maximum atomic E-state index is 11.8. The fourth-order valence-corrected chi connectivity index (χ4v) is 2.51. The first kappa shape index (κ1) is 12.5. The van der Waals surface area contributed by atoms with Gasteiger partial charge in [0.1, 0.15) is 0 Å². The van der Waals surface area contributed by atoms with Crippen LogP contribution < -0.4 is 0 Å². The van der Waals surface area contributed by atoms with Gasteiger partial charge < -0.3 is 9.47 Å². The third-order valence-corrected chi connectivity index (χ3v) is 3.63. The van der Waals surface area contributed by atoms with Crippen LogP contribution in [0.15, 0.2) is 0 Å². The van der Waals surface area contributed by atoms with Gasteiger partial charge >= 0.3 is 5.97 Å². The Morgan fingerprint density at radius 2 is 1.80 bits per heavy atom. The molecule has 1 rings (SSSR count). The molecule has 3 heteroatoms. The lowest BCUT2D eigenvalue weighted by Gasteiger charge is -2.50. The van der Waals surface area contributed by atoms with Crippen LogP contribution >= 0.6 is 0 Å². The van der Waals surface area contributed by atoms with Crippen LogP contribution in [0.25, 0.3) is 0 Å². The summed E-state index contributed by atoms with van der Waals surface area (Å²) in [5.41, 5.74) is -0.0126. The quantitative estimate of drug-likeness (QED) is 0.672. The molecule has 15 heavy (non-hydrogen) atoms. The normalized spacial score (nSPS) is 21.3. The molecule has 88 valence electrons. The summed E-state index contributed by atoms with van der Waals surface area (Å²) >= 11 is 0. The van der Waals surface area contributed by atoms with E-state index in [0.717, 1.165) is 0 Å². The molecule has 0 N–H and O–H groups in total. The van der Waals surface area contributed by atoms with Gasteiger partial charge in [-0.2, -0.15) is 0 Å². The number of methoxy groups -OCH3 is 1. The summed E-state index contributed by atoms with van der Waals surface area (Å²) < 4.78 is 10.2. The van der Waals surface area contributed by atoms with E-state index in [2.05, 4.69) is 27.7 Å². The Kier molecular flexibility index (Phi) is 3.77. The molecule has 1 unspecified atom stereocenters. The maximum absolute atomic E-state index is 11.8. The smallest absolute Gasteiger partial charge is 0.309 e. The van der Waals surface area contributed by atoms with Crippen molar-refractivity contribution in [3.8, 4) is 0 Å². The predicted octanol–water partition coefficient (Wildman–Crippen LogP) is 2.10. The molecule has 0 spiro atoms. The topological polar surface area (TPSA) is 35.5 Å². The van der Waals surface area contributed by atoms with Crippen molar-refractivity contribution in [3.05, 3.63) is 0 Å². The summed E-state index contributed by atoms with van der Waals surface area (Å²) in [4.78, 5) is 11.8. The Hall–Kier alpha value is -0.570. The van der Waals surface area contributed by atoms with Gasteiger partial charge in [0.15, 0.2) is 0 Å². The molecule has 3 nitrogen and oxygen atoms in total. The first-order valence-corrected chi connectivity index (χ1v) is 5.61. The highest BCUT2D eigenvalue weighted by Crippen LogP contribution is 2.46. The van der Waals surface area contributed by atoms with Crippen LogP contribution in [0.1, 0.15) is 27.7 Å². The van der Waals surface area contributed by atoms with E-state index in [1.165, 1.54) is 7.11 Å². The van der Waals surface area contributed by atoms with Crippen LogP contribution in [0.4, 0.5) is 0 Å². The number of hydrogen-bond donors (Lipinski definition) is 0. The van der Waals surface area contributed by atoms with E-state index < -0.39 is 0 Å². The molecule has 0 amide bonds. The number of ether oxygens (including phenoxy) is 2. The lowest BCUT2D eigenvalue weighted by atomic mass is 9.62. The van der Waals surface area contributed by atoms with Crippen molar-refractivity contribution < 1.29 is 14.3 Å². The summed E-state index contributed by atoms with van der Waals surface area (Å²) in [6.07, 6.45) is 0. The van der Waals surface area contributed by atoms with Gasteiger partial charge in [-0.25, -0.2) is 0 Å². The third kappa shape index (κ3) is 2.03. The summed E-state index contributed by atoms with van der Waals surface area (Å²) in [6, 6.07) is 0. The number of carbonyl (C=O) groups excluding carboxylic acids is 1. The molecule has 1 heterocycles. The molecule has 0 aliphatic carbocycles. The Bertz CT molecular complexity index is 229. The zero-order valence-corrected chi connectivity index (χ0v) is 10.4. The fourth-order valence-electron chi connectivity index (χ4n) is 2.51. The minimum absolute atomic E-state index is 0.0126. The lowest BCUT2D eigenvalue weighted by molar-refractivity contribution is -0.198. The van der Waals surface area contributed by atoms with Gasteiger partial charge in [0, 0.05) is 5.41 Å². The first-order valence-electron chi connectivity index (χ1n) is 5.61. The van der Waals surface area contributed by atoms with E-state index in [1.807, 2.05) is 0 Å². The number of esters is 1. The van der Waals surface area contributed by atoms with Gasteiger partial charge in [0.2, 0.25) is 0 Å². The number of rotatable bonds is 4. The molecule has 0 aromatic heterocycles. The van der Waals surface area contributed by atoms with Crippen molar-refractivity contribution in [1.82, 2.24) is 0 Å². The molecule has 1 aliphatic rings.